The highest BCUT2D eigenvalue weighted by molar-refractivity contribution is 5.66. The third kappa shape index (κ3) is 3.40. The molecule has 2 aromatic carbocycles. The van der Waals surface area contributed by atoms with Crippen molar-refractivity contribution in [1.82, 2.24) is 0 Å². The minimum Gasteiger partial charge on any atom is -0.378 e. The minimum atomic E-state index is 0.870. The average Bonchev–Trinajstić information content (AvgIpc) is 2.62. The van der Waals surface area contributed by atoms with Crippen LogP contribution in [0.3, 0.4) is 0 Å². The number of hydrogen-bond acceptors (Lipinski definition) is 2. The molecule has 0 radical (unpaired) electrons. The Bertz CT molecular complexity index is 739. The molecular weight excluding hydrogens is 296 g/mol. The van der Waals surface area contributed by atoms with Crippen LogP contribution in [0, 0.1) is 0 Å². The third-order valence-corrected chi connectivity index (χ3v) is 4.05. The van der Waals surface area contributed by atoms with Crippen molar-refractivity contribution in [3.63, 3.8) is 0 Å². The van der Waals surface area contributed by atoms with Crippen LogP contribution in [0.15, 0.2) is 71.1 Å². The Morgan fingerprint density at radius 2 is 0.917 bits per heavy atom. The van der Waals surface area contributed by atoms with Gasteiger partial charge >= 0.3 is 11.5 Å². The van der Waals surface area contributed by atoms with Crippen LogP contribution in [0.4, 0.5) is 11.4 Å². The van der Waals surface area contributed by atoms with E-state index in [0.29, 0.717) is 0 Å². The highest BCUT2D eigenvalue weighted by Crippen LogP contribution is 2.28. The maximum absolute atomic E-state index is 6.12. The lowest BCUT2D eigenvalue weighted by Gasteiger charge is -2.11. The van der Waals surface area contributed by atoms with E-state index >= 15 is 0 Å². The predicted octanol–water partition coefficient (Wildman–Crippen LogP) is 5.03. The van der Waals surface area contributed by atoms with E-state index in [2.05, 4.69) is 58.3 Å². The third-order valence-electron chi connectivity index (χ3n) is 4.05. The number of rotatable bonds is 4. The second-order valence-electron chi connectivity index (χ2n) is 6.24. The summed E-state index contributed by atoms with van der Waals surface area (Å²) < 4.78 is 6.12. The highest BCUT2D eigenvalue weighted by atomic mass is 16.3. The maximum Gasteiger partial charge on any atom is 0.360 e. The molecule has 0 aliphatic heterocycles. The molecule has 3 nitrogen and oxygen atoms in total. The van der Waals surface area contributed by atoms with Crippen molar-refractivity contribution in [1.29, 1.82) is 0 Å². The van der Waals surface area contributed by atoms with E-state index in [1.807, 2.05) is 46.4 Å². The topological polar surface area (TPSA) is 17.8 Å². The Balaban J connectivity index is 1.91. The molecule has 0 bridgehead atoms. The van der Waals surface area contributed by atoms with Crippen molar-refractivity contribution in [2.45, 2.75) is 0 Å². The van der Waals surface area contributed by atoms with Crippen LogP contribution < -0.4 is 9.80 Å². The molecule has 24 heavy (non-hydrogen) atoms. The molecule has 0 spiro atoms. The van der Waals surface area contributed by atoms with Crippen LogP contribution in [-0.4, -0.2) is 28.2 Å². The molecule has 0 amide bonds. The smallest absolute Gasteiger partial charge is 0.360 e. The summed E-state index contributed by atoms with van der Waals surface area (Å²) in [5, 5.41) is 0. The number of anilines is 2. The summed E-state index contributed by atoms with van der Waals surface area (Å²) in [6.07, 6.45) is 0. The van der Waals surface area contributed by atoms with Gasteiger partial charge in [0.15, 0.2) is 0 Å². The first-order valence-electron chi connectivity index (χ1n) is 8.03. The van der Waals surface area contributed by atoms with Crippen molar-refractivity contribution in [2.24, 2.45) is 0 Å². The molecule has 122 valence electrons. The van der Waals surface area contributed by atoms with E-state index in [1.54, 1.807) is 0 Å². The Labute approximate surface area is 143 Å². The minimum absolute atomic E-state index is 0.870. The zero-order chi connectivity index (χ0) is 17.1. The lowest BCUT2D eigenvalue weighted by molar-refractivity contribution is 0.582. The number of nitrogens with zero attached hydrogens (tertiary/aromatic N) is 2. The zero-order valence-electron chi connectivity index (χ0n) is 14.7. The zero-order valence-corrected chi connectivity index (χ0v) is 14.7. The van der Waals surface area contributed by atoms with E-state index in [-0.39, 0.29) is 0 Å². The van der Waals surface area contributed by atoms with Crippen LogP contribution >= 0.6 is 0 Å². The van der Waals surface area contributed by atoms with E-state index in [1.165, 1.54) is 11.4 Å². The molecule has 3 aromatic rings. The first kappa shape index (κ1) is 16.1. The van der Waals surface area contributed by atoms with Crippen LogP contribution in [0.5, 0.6) is 0 Å². The van der Waals surface area contributed by atoms with Crippen LogP contribution in [-0.2, 0) is 0 Å². The molecule has 0 saturated heterocycles. The molecule has 0 saturated carbocycles. The fraction of sp³-hybridized carbons (Fsp3) is 0.190. The number of hydrogen-bond donors (Lipinski definition) is 0. The van der Waals surface area contributed by atoms with Gasteiger partial charge < -0.3 is 9.80 Å². The Hall–Kier alpha value is -2.81. The molecule has 3 heteroatoms. The molecule has 3 rings (SSSR count). The average molecular weight is 319 g/mol. The van der Waals surface area contributed by atoms with Crippen molar-refractivity contribution >= 4 is 11.4 Å². The second-order valence-corrected chi connectivity index (χ2v) is 6.24. The van der Waals surface area contributed by atoms with E-state index in [4.69, 9.17) is 4.42 Å². The summed E-state index contributed by atoms with van der Waals surface area (Å²) in [6, 6.07) is 22.8. The first-order chi connectivity index (χ1) is 11.5. The van der Waals surface area contributed by atoms with Crippen LogP contribution in [0.25, 0.3) is 22.6 Å². The van der Waals surface area contributed by atoms with Gasteiger partial charge in [0.25, 0.3) is 0 Å². The lowest BCUT2D eigenvalue weighted by Crippen LogP contribution is -2.07. The largest absolute Gasteiger partial charge is 0.378 e. The second kappa shape index (κ2) is 6.75. The molecule has 0 atom stereocenters. The summed E-state index contributed by atoms with van der Waals surface area (Å²) in [4.78, 5) is 4.17. The molecule has 0 N–H and O–H groups in total. The Kier molecular flexibility index (Phi) is 4.52. The Morgan fingerprint density at radius 3 is 1.25 bits per heavy atom. The summed E-state index contributed by atoms with van der Waals surface area (Å²) in [5.41, 5.74) is 4.50. The molecule has 1 aromatic heterocycles. The lowest BCUT2D eigenvalue weighted by atomic mass is 10.1. The van der Waals surface area contributed by atoms with Crippen LogP contribution in [0.2, 0.25) is 0 Å². The molecular formula is C21H23N2O+. The number of benzene rings is 2. The van der Waals surface area contributed by atoms with Crippen molar-refractivity contribution < 1.29 is 4.42 Å². The van der Waals surface area contributed by atoms with E-state index < -0.39 is 0 Å². The van der Waals surface area contributed by atoms with E-state index in [0.717, 1.165) is 22.6 Å². The highest BCUT2D eigenvalue weighted by Gasteiger charge is 2.16. The van der Waals surface area contributed by atoms with Crippen molar-refractivity contribution in [3.05, 3.63) is 66.7 Å². The van der Waals surface area contributed by atoms with Gasteiger partial charge in [-0.05, 0) is 54.6 Å². The SMILES string of the molecule is CN(C)c1ccc(-c2cccc(-c3ccc(N(C)C)cc3)[o+]2)cc1. The molecule has 0 aliphatic carbocycles. The summed E-state index contributed by atoms with van der Waals surface area (Å²) >= 11 is 0. The fourth-order valence-electron chi connectivity index (χ4n) is 2.57. The summed E-state index contributed by atoms with van der Waals surface area (Å²) in [7, 11) is 8.16. The Morgan fingerprint density at radius 1 is 0.542 bits per heavy atom. The monoisotopic (exact) mass is 319 g/mol. The molecule has 0 aliphatic rings. The van der Waals surface area contributed by atoms with Gasteiger partial charge in [0.05, 0.1) is 11.1 Å². The van der Waals surface area contributed by atoms with E-state index in [9.17, 15) is 0 Å². The maximum atomic E-state index is 6.12. The van der Waals surface area contributed by atoms with Gasteiger partial charge in [-0.15, -0.1) is 0 Å². The fourth-order valence-corrected chi connectivity index (χ4v) is 2.57. The first-order valence-corrected chi connectivity index (χ1v) is 8.03. The van der Waals surface area contributed by atoms with Gasteiger partial charge in [0, 0.05) is 51.7 Å². The van der Waals surface area contributed by atoms with Gasteiger partial charge in [-0.25, -0.2) is 4.42 Å². The summed E-state index contributed by atoms with van der Waals surface area (Å²) in [5.74, 6) is 1.74. The molecule has 1 heterocycles. The molecule has 0 unspecified atom stereocenters. The quantitative estimate of drug-likeness (QED) is 0.628. The van der Waals surface area contributed by atoms with Gasteiger partial charge in [-0.3, -0.25) is 0 Å². The molecule has 0 fully saturated rings. The van der Waals surface area contributed by atoms with Gasteiger partial charge in [0.2, 0.25) is 0 Å². The normalized spacial score (nSPS) is 10.5. The standard InChI is InChI=1S/C21H23N2O/c1-22(2)18-12-8-16(9-13-18)20-6-5-7-21(24-20)17-10-14-19(15-11-17)23(3)4/h5-15H,1-4H3/q+1. The van der Waals surface area contributed by atoms with Crippen molar-refractivity contribution in [2.75, 3.05) is 38.0 Å². The predicted molar refractivity (Wildman–Crippen MR) is 103 cm³/mol. The van der Waals surface area contributed by atoms with Gasteiger partial charge in [-0.1, -0.05) is 0 Å². The summed E-state index contributed by atoms with van der Waals surface area (Å²) in [6.45, 7) is 0. The van der Waals surface area contributed by atoms with Crippen LogP contribution in [0.1, 0.15) is 0 Å². The van der Waals surface area contributed by atoms with Gasteiger partial charge in [-0.2, -0.15) is 0 Å². The van der Waals surface area contributed by atoms with Crippen molar-refractivity contribution in [3.8, 4) is 22.6 Å². The van der Waals surface area contributed by atoms with Gasteiger partial charge in [0.1, 0.15) is 0 Å².